The summed E-state index contributed by atoms with van der Waals surface area (Å²) in [7, 11) is 0. The minimum atomic E-state index is 0.115. The van der Waals surface area contributed by atoms with Crippen LogP contribution in [0.25, 0.3) is 0 Å². The first-order valence-corrected chi connectivity index (χ1v) is 7.93. The van der Waals surface area contributed by atoms with Gasteiger partial charge in [-0.25, -0.2) is 4.98 Å². The van der Waals surface area contributed by atoms with Crippen molar-refractivity contribution < 1.29 is 4.42 Å². The van der Waals surface area contributed by atoms with Crippen LogP contribution in [0.15, 0.2) is 28.8 Å². The Bertz CT molecular complexity index is 617. The SMILES string of the molecule is Cc1cnc(C(C)NC(C)c2ccc3c(c2)CCCC3)o1. The second-order valence-corrected chi connectivity index (χ2v) is 6.15. The van der Waals surface area contributed by atoms with E-state index < -0.39 is 0 Å². The van der Waals surface area contributed by atoms with E-state index >= 15 is 0 Å². The Morgan fingerprint density at radius 3 is 2.57 bits per heavy atom. The predicted octanol–water partition coefficient (Wildman–Crippen LogP) is 4.27. The van der Waals surface area contributed by atoms with Gasteiger partial charge in [-0.05, 0) is 63.1 Å². The maximum Gasteiger partial charge on any atom is 0.211 e. The molecule has 0 saturated carbocycles. The third kappa shape index (κ3) is 3.18. The Hall–Kier alpha value is -1.61. The molecular weight excluding hydrogens is 260 g/mol. The monoisotopic (exact) mass is 284 g/mol. The summed E-state index contributed by atoms with van der Waals surface area (Å²) in [6.45, 7) is 6.23. The summed E-state index contributed by atoms with van der Waals surface area (Å²) in [4.78, 5) is 4.30. The Morgan fingerprint density at radius 2 is 1.86 bits per heavy atom. The van der Waals surface area contributed by atoms with E-state index in [0.29, 0.717) is 6.04 Å². The third-order valence-electron chi connectivity index (χ3n) is 4.38. The van der Waals surface area contributed by atoms with E-state index in [-0.39, 0.29) is 6.04 Å². The topological polar surface area (TPSA) is 38.1 Å². The Morgan fingerprint density at radius 1 is 1.10 bits per heavy atom. The summed E-state index contributed by atoms with van der Waals surface area (Å²) >= 11 is 0. The summed E-state index contributed by atoms with van der Waals surface area (Å²) in [6, 6.07) is 7.35. The summed E-state index contributed by atoms with van der Waals surface area (Å²) in [5, 5.41) is 3.58. The number of hydrogen-bond donors (Lipinski definition) is 1. The number of aryl methyl sites for hydroxylation is 3. The van der Waals surface area contributed by atoms with Crippen molar-refractivity contribution in [1.82, 2.24) is 10.3 Å². The lowest BCUT2D eigenvalue weighted by Gasteiger charge is -2.21. The fraction of sp³-hybridized carbons (Fsp3) is 0.500. The lowest BCUT2D eigenvalue weighted by Crippen LogP contribution is -2.23. The molecule has 3 nitrogen and oxygen atoms in total. The summed E-state index contributed by atoms with van der Waals surface area (Å²) in [5.41, 5.74) is 4.42. The van der Waals surface area contributed by atoms with Crippen molar-refractivity contribution >= 4 is 0 Å². The summed E-state index contributed by atoms with van der Waals surface area (Å²) in [6.07, 6.45) is 6.90. The van der Waals surface area contributed by atoms with Gasteiger partial charge in [0, 0.05) is 6.04 Å². The van der Waals surface area contributed by atoms with E-state index in [9.17, 15) is 0 Å². The number of aromatic nitrogens is 1. The first-order chi connectivity index (χ1) is 10.1. The normalized spacial score (nSPS) is 17.3. The lowest BCUT2D eigenvalue weighted by atomic mass is 9.89. The average molecular weight is 284 g/mol. The number of fused-ring (bicyclic) bond motifs is 1. The molecule has 112 valence electrons. The van der Waals surface area contributed by atoms with Crippen LogP contribution in [-0.2, 0) is 12.8 Å². The van der Waals surface area contributed by atoms with Crippen LogP contribution in [-0.4, -0.2) is 4.98 Å². The molecule has 3 heteroatoms. The predicted molar refractivity (Wildman–Crippen MR) is 84.3 cm³/mol. The number of nitrogens with zero attached hydrogens (tertiary/aromatic N) is 1. The van der Waals surface area contributed by atoms with E-state index in [1.165, 1.54) is 42.4 Å². The molecule has 0 amide bonds. The van der Waals surface area contributed by atoms with Crippen LogP contribution < -0.4 is 5.32 Å². The number of hydrogen-bond acceptors (Lipinski definition) is 3. The van der Waals surface area contributed by atoms with E-state index in [4.69, 9.17) is 4.42 Å². The second-order valence-electron chi connectivity index (χ2n) is 6.15. The average Bonchev–Trinajstić information content (AvgIpc) is 2.93. The fourth-order valence-corrected chi connectivity index (χ4v) is 3.14. The molecule has 1 aromatic heterocycles. The van der Waals surface area contributed by atoms with Crippen molar-refractivity contribution in [2.24, 2.45) is 0 Å². The van der Waals surface area contributed by atoms with Gasteiger partial charge in [-0.1, -0.05) is 18.2 Å². The molecule has 0 aliphatic heterocycles. The van der Waals surface area contributed by atoms with Crippen LogP contribution in [0.1, 0.15) is 67.1 Å². The molecule has 0 spiro atoms. The molecule has 1 heterocycles. The summed E-state index contributed by atoms with van der Waals surface area (Å²) in [5.74, 6) is 1.62. The number of oxazole rings is 1. The van der Waals surface area contributed by atoms with Gasteiger partial charge in [0.05, 0.1) is 12.2 Å². The molecule has 1 aromatic carbocycles. The van der Waals surface area contributed by atoms with Crippen LogP contribution in [0.2, 0.25) is 0 Å². The smallest absolute Gasteiger partial charge is 0.211 e. The van der Waals surface area contributed by atoms with Crippen molar-refractivity contribution in [3.05, 3.63) is 52.7 Å². The molecule has 2 aromatic rings. The van der Waals surface area contributed by atoms with Crippen LogP contribution in [0.3, 0.4) is 0 Å². The molecule has 2 atom stereocenters. The fourth-order valence-electron chi connectivity index (χ4n) is 3.14. The maximum absolute atomic E-state index is 5.60. The summed E-state index contributed by atoms with van der Waals surface area (Å²) < 4.78 is 5.60. The molecule has 0 bridgehead atoms. The van der Waals surface area contributed by atoms with E-state index in [1.807, 2.05) is 6.92 Å². The van der Waals surface area contributed by atoms with Crippen molar-refractivity contribution in [2.45, 2.75) is 58.5 Å². The molecule has 3 rings (SSSR count). The number of rotatable bonds is 4. The molecule has 1 aliphatic carbocycles. The van der Waals surface area contributed by atoms with Crippen LogP contribution in [0.4, 0.5) is 0 Å². The second kappa shape index (κ2) is 6.02. The maximum atomic E-state index is 5.60. The number of nitrogens with one attached hydrogen (secondary N) is 1. The Labute approximate surface area is 126 Å². The Balaban J connectivity index is 1.71. The molecule has 0 radical (unpaired) electrons. The molecule has 0 saturated heterocycles. The largest absolute Gasteiger partial charge is 0.444 e. The van der Waals surface area contributed by atoms with Crippen molar-refractivity contribution in [2.75, 3.05) is 0 Å². The van der Waals surface area contributed by atoms with Crippen LogP contribution >= 0.6 is 0 Å². The van der Waals surface area contributed by atoms with Crippen molar-refractivity contribution in [1.29, 1.82) is 0 Å². The van der Waals surface area contributed by atoms with Gasteiger partial charge in [0.1, 0.15) is 5.76 Å². The zero-order valence-corrected chi connectivity index (χ0v) is 13.1. The van der Waals surface area contributed by atoms with Crippen LogP contribution in [0, 0.1) is 6.92 Å². The minimum Gasteiger partial charge on any atom is -0.444 e. The highest BCUT2D eigenvalue weighted by Crippen LogP contribution is 2.26. The quantitative estimate of drug-likeness (QED) is 0.911. The van der Waals surface area contributed by atoms with Gasteiger partial charge >= 0.3 is 0 Å². The van der Waals surface area contributed by atoms with Crippen LogP contribution in [0.5, 0.6) is 0 Å². The minimum absolute atomic E-state index is 0.115. The van der Waals surface area contributed by atoms with E-state index in [1.54, 1.807) is 6.20 Å². The molecule has 21 heavy (non-hydrogen) atoms. The van der Waals surface area contributed by atoms with Crippen molar-refractivity contribution in [3.63, 3.8) is 0 Å². The highest BCUT2D eigenvalue weighted by molar-refractivity contribution is 5.35. The molecule has 0 fully saturated rings. The molecule has 1 N–H and O–H groups in total. The zero-order valence-electron chi connectivity index (χ0n) is 13.1. The molecule has 1 aliphatic rings. The first-order valence-electron chi connectivity index (χ1n) is 7.93. The zero-order chi connectivity index (χ0) is 14.8. The van der Waals surface area contributed by atoms with Gasteiger partial charge in [0.2, 0.25) is 5.89 Å². The van der Waals surface area contributed by atoms with E-state index in [0.717, 1.165) is 11.7 Å². The highest BCUT2D eigenvalue weighted by atomic mass is 16.4. The molecule has 2 unspecified atom stereocenters. The van der Waals surface area contributed by atoms with Gasteiger partial charge in [-0.2, -0.15) is 0 Å². The molecular formula is C18H24N2O. The first kappa shape index (κ1) is 14.3. The van der Waals surface area contributed by atoms with Gasteiger partial charge in [-0.15, -0.1) is 0 Å². The van der Waals surface area contributed by atoms with Gasteiger partial charge < -0.3 is 4.42 Å². The highest BCUT2D eigenvalue weighted by Gasteiger charge is 2.17. The standard InChI is InChI=1S/C18H24N2O/c1-12-11-19-18(21-12)14(3)20-13(2)16-9-8-15-6-4-5-7-17(15)10-16/h8-11,13-14,20H,4-7H2,1-3H3. The Kier molecular flexibility index (Phi) is 4.11. The number of benzene rings is 1. The van der Waals surface area contributed by atoms with Gasteiger partial charge in [0.15, 0.2) is 0 Å². The van der Waals surface area contributed by atoms with E-state index in [2.05, 4.69) is 42.3 Å². The van der Waals surface area contributed by atoms with Gasteiger partial charge in [0.25, 0.3) is 0 Å². The lowest BCUT2D eigenvalue weighted by molar-refractivity contribution is 0.380. The van der Waals surface area contributed by atoms with Gasteiger partial charge in [-0.3, -0.25) is 5.32 Å². The van der Waals surface area contributed by atoms with Crippen molar-refractivity contribution in [3.8, 4) is 0 Å². The third-order valence-corrected chi connectivity index (χ3v) is 4.38.